The highest BCUT2D eigenvalue weighted by Gasteiger charge is 2.12. The minimum absolute atomic E-state index is 0.0671. The normalized spacial score (nSPS) is 13.6. The topological polar surface area (TPSA) is 38.7 Å². The summed E-state index contributed by atoms with van der Waals surface area (Å²) in [6.07, 6.45) is -0.591. The van der Waals surface area contributed by atoms with Crippen LogP contribution in [0.15, 0.2) is 48.5 Å². The van der Waals surface area contributed by atoms with Gasteiger partial charge in [0, 0.05) is 0 Å². The second-order valence-corrected chi connectivity index (χ2v) is 4.76. The van der Waals surface area contributed by atoms with E-state index in [2.05, 4.69) is 0 Å². The van der Waals surface area contributed by atoms with Crippen molar-refractivity contribution in [2.75, 3.05) is 7.11 Å². The van der Waals surface area contributed by atoms with E-state index in [1.54, 1.807) is 20.1 Å². The van der Waals surface area contributed by atoms with Gasteiger partial charge in [-0.05, 0) is 37.1 Å². The Morgan fingerprint density at radius 3 is 2.20 bits per heavy atom. The lowest BCUT2D eigenvalue weighted by Gasteiger charge is -2.18. The van der Waals surface area contributed by atoms with Crippen molar-refractivity contribution in [1.29, 1.82) is 0 Å². The summed E-state index contributed by atoms with van der Waals surface area (Å²) in [4.78, 5) is 0. The van der Waals surface area contributed by atoms with E-state index in [9.17, 15) is 5.11 Å². The minimum Gasteiger partial charge on any atom is -0.493 e. The molecule has 1 unspecified atom stereocenters. The Kier molecular flexibility index (Phi) is 4.64. The molecule has 0 spiro atoms. The van der Waals surface area contributed by atoms with Crippen molar-refractivity contribution in [1.82, 2.24) is 0 Å². The molecule has 0 aliphatic carbocycles. The molecule has 0 aliphatic rings. The summed E-state index contributed by atoms with van der Waals surface area (Å²) in [6, 6.07) is 15.5. The highest BCUT2D eigenvalue weighted by molar-refractivity contribution is 5.44. The maximum atomic E-state index is 9.60. The van der Waals surface area contributed by atoms with Crippen LogP contribution in [0, 0.1) is 0 Å². The molecule has 0 aliphatic heterocycles. The van der Waals surface area contributed by atoms with E-state index in [-0.39, 0.29) is 6.10 Å². The van der Waals surface area contributed by atoms with Gasteiger partial charge in [0.15, 0.2) is 11.5 Å². The quantitative estimate of drug-likeness (QED) is 0.897. The van der Waals surface area contributed by atoms with Crippen LogP contribution in [0.3, 0.4) is 0 Å². The van der Waals surface area contributed by atoms with E-state index in [1.165, 1.54) is 0 Å². The predicted molar refractivity (Wildman–Crippen MR) is 79.1 cm³/mol. The first-order valence-corrected chi connectivity index (χ1v) is 6.69. The molecule has 2 aromatic carbocycles. The molecule has 0 amide bonds. The van der Waals surface area contributed by atoms with Crippen LogP contribution in [-0.4, -0.2) is 12.2 Å². The lowest BCUT2D eigenvalue weighted by atomic mass is 10.1. The first-order valence-electron chi connectivity index (χ1n) is 6.69. The zero-order chi connectivity index (χ0) is 14.5. The second-order valence-electron chi connectivity index (χ2n) is 4.76. The summed E-state index contributed by atoms with van der Waals surface area (Å²) >= 11 is 0. The fraction of sp³-hybridized carbons (Fsp3) is 0.294. The number of hydrogen-bond donors (Lipinski definition) is 1. The van der Waals surface area contributed by atoms with Gasteiger partial charge in [-0.3, -0.25) is 0 Å². The van der Waals surface area contributed by atoms with Crippen molar-refractivity contribution in [3.63, 3.8) is 0 Å². The van der Waals surface area contributed by atoms with Gasteiger partial charge in [0.2, 0.25) is 0 Å². The first kappa shape index (κ1) is 14.4. The number of methoxy groups -OCH3 is 1. The lowest BCUT2D eigenvalue weighted by Crippen LogP contribution is -2.04. The van der Waals surface area contributed by atoms with Gasteiger partial charge in [0.05, 0.1) is 13.2 Å². The largest absolute Gasteiger partial charge is 0.493 e. The van der Waals surface area contributed by atoms with Crippen molar-refractivity contribution >= 4 is 0 Å². The van der Waals surface area contributed by atoms with Crippen molar-refractivity contribution in [2.45, 2.75) is 26.1 Å². The maximum absolute atomic E-state index is 9.60. The lowest BCUT2D eigenvalue weighted by molar-refractivity contribution is 0.196. The molecular weight excluding hydrogens is 252 g/mol. The van der Waals surface area contributed by atoms with E-state index in [1.807, 2.05) is 49.4 Å². The molecule has 0 saturated heterocycles. The van der Waals surface area contributed by atoms with Crippen LogP contribution >= 0.6 is 0 Å². The van der Waals surface area contributed by atoms with Gasteiger partial charge in [0.1, 0.15) is 6.10 Å². The fourth-order valence-corrected chi connectivity index (χ4v) is 2.02. The molecule has 2 aromatic rings. The zero-order valence-corrected chi connectivity index (χ0v) is 12.0. The highest BCUT2D eigenvalue weighted by Crippen LogP contribution is 2.33. The number of ether oxygens (including phenoxy) is 2. The van der Waals surface area contributed by atoms with Crippen LogP contribution in [0.5, 0.6) is 11.5 Å². The van der Waals surface area contributed by atoms with E-state index < -0.39 is 6.10 Å². The number of aliphatic hydroxyl groups is 1. The number of aliphatic hydroxyl groups excluding tert-OH is 1. The number of hydrogen-bond acceptors (Lipinski definition) is 3. The molecule has 106 valence electrons. The smallest absolute Gasteiger partial charge is 0.162 e. The van der Waals surface area contributed by atoms with Gasteiger partial charge in [0.25, 0.3) is 0 Å². The second kappa shape index (κ2) is 6.44. The summed E-state index contributed by atoms with van der Waals surface area (Å²) in [6.45, 7) is 3.72. The average Bonchev–Trinajstić information content (AvgIpc) is 2.48. The van der Waals surface area contributed by atoms with Crippen molar-refractivity contribution < 1.29 is 14.6 Å². The third-order valence-corrected chi connectivity index (χ3v) is 3.24. The Labute approximate surface area is 119 Å². The molecule has 0 bridgehead atoms. The summed E-state index contributed by atoms with van der Waals surface area (Å²) in [5.74, 6) is 1.31. The standard InChI is InChI=1S/C17H20O3/c1-12(18)15-9-10-16(17(11-15)19-3)20-13(2)14-7-5-4-6-8-14/h4-13,18H,1-3H3/t12-,13?/m0/s1. The molecule has 3 nitrogen and oxygen atoms in total. The van der Waals surface area contributed by atoms with Crippen LogP contribution in [0.25, 0.3) is 0 Å². The van der Waals surface area contributed by atoms with E-state index in [4.69, 9.17) is 9.47 Å². The van der Waals surface area contributed by atoms with Crippen LogP contribution in [-0.2, 0) is 0 Å². The van der Waals surface area contributed by atoms with Crippen LogP contribution in [0.2, 0.25) is 0 Å². The van der Waals surface area contributed by atoms with Crippen molar-refractivity contribution in [2.24, 2.45) is 0 Å². The van der Waals surface area contributed by atoms with Crippen LogP contribution in [0.1, 0.15) is 37.2 Å². The molecule has 2 atom stereocenters. The first-order chi connectivity index (χ1) is 9.61. The van der Waals surface area contributed by atoms with Gasteiger partial charge in [-0.15, -0.1) is 0 Å². The van der Waals surface area contributed by atoms with Crippen LogP contribution < -0.4 is 9.47 Å². The fourth-order valence-electron chi connectivity index (χ4n) is 2.02. The molecule has 3 heteroatoms. The molecule has 1 N–H and O–H groups in total. The van der Waals surface area contributed by atoms with Crippen molar-refractivity contribution in [3.8, 4) is 11.5 Å². The maximum Gasteiger partial charge on any atom is 0.162 e. The molecule has 0 aromatic heterocycles. The van der Waals surface area contributed by atoms with Gasteiger partial charge >= 0.3 is 0 Å². The third-order valence-electron chi connectivity index (χ3n) is 3.24. The third kappa shape index (κ3) is 3.31. The Balaban J connectivity index is 2.21. The summed E-state index contributed by atoms with van der Waals surface area (Å²) < 4.78 is 11.3. The van der Waals surface area contributed by atoms with Gasteiger partial charge in [-0.25, -0.2) is 0 Å². The molecular formula is C17H20O3. The van der Waals surface area contributed by atoms with E-state index in [0.29, 0.717) is 11.5 Å². The summed E-state index contributed by atoms with van der Waals surface area (Å²) in [7, 11) is 1.60. The van der Waals surface area contributed by atoms with Gasteiger partial charge in [-0.1, -0.05) is 36.4 Å². The van der Waals surface area contributed by atoms with Gasteiger partial charge < -0.3 is 14.6 Å². The highest BCUT2D eigenvalue weighted by atomic mass is 16.5. The Bertz CT molecular complexity index is 549. The molecule has 0 heterocycles. The number of rotatable bonds is 5. The van der Waals surface area contributed by atoms with E-state index >= 15 is 0 Å². The number of benzene rings is 2. The molecule has 20 heavy (non-hydrogen) atoms. The van der Waals surface area contributed by atoms with E-state index in [0.717, 1.165) is 11.1 Å². The van der Waals surface area contributed by atoms with Gasteiger partial charge in [-0.2, -0.15) is 0 Å². The molecule has 2 rings (SSSR count). The monoisotopic (exact) mass is 272 g/mol. The molecule has 0 saturated carbocycles. The Morgan fingerprint density at radius 2 is 1.60 bits per heavy atom. The molecule has 0 radical (unpaired) electrons. The predicted octanol–water partition coefficient (Wildman–Crippen LogP) is 3.89. The molecule has 0 fully saturated rings. The zero-order valence-electron chi connectivity index (χ0n) is 12.0. The summed E-state index contributed by atoms with van der Waals surface area (Å²) in [5, 5.41) is 9.60. The van der Waals surface area contributed by atoms with Crippen molar-refractivity contribution in [3.05, 3.63) is 59.7 Å². The Morgan fingerprint density at radius 1 is 0.900 bits per heavy atom. The Hall–Kier alpha value is -2.00. The van der Waals surface area contributed by atoms with Crippen LogP contribution in [0.4, 0.5) is 0 Å². The minimum atomic E-state index is -0.524. The summed E-state index contributed by atoms with van der Waals surface area (Å²) in [5.41, 5.74) is 1.91. The SMILES string of the molecule is COc1cc([C@H](C)O)ccc1OC(C)c1ccccc1. The average molecular weight is 272 g/mol.